The van der Waals surface area contributed by atoms with Gasteiger partial charge < -0.3 is 20.9 Å². The van der Waals surface area contributed by atoms with Gasteiger partial charge in [-0.25, -0.2) is 4.98 Å². The van der Waals surface area contributed by atoms with Crippen molar-refractivity contribution in [2.24, 2.45) is 11.1 Å². The molecule has 8 heteroatoms. The highest BCUT2D eigenvalue weighted by Crippen LogP contribution is 2.43. The van der Waals surface area contributed by atoms with Crippen LogP contribution < -0.4 is 16.0 Å². The summed E-state index contributed by atoms with van der Waals surface area (Å²) in [6.45, 7) is 4.23. The summed E-state index contributed by atoms with van der Waals surface area (Å²) in [7, 11) is 0. The maximum Gasteiger partial charge on any atom is 0.265 e. The number of aromatic nitrogens is 2. The van der Waals surface area contributed by atoms with E-state index in [1.807, 2.05) is 42.5 Å². The van der Waals surface area contributed by atoms with Gasteiger partial charge in [0, 0.05) is 35.0 Å². The van der Waals surface area contributed by atoms with Crippen LogP contribution in [0.3, 0.4) is 0 Å². The maximum absolute atomic E-state index is 13.2. The first-order valence-corrected chi connectivity index (χ1v) is 11.8. The zero-order valence-electron chi connectivity index (χ0n) is 18.5. The molecule has 4 N–H and O–H groups in total. The molecule has 0 spiro atoms. The van der Waals surface area contributed by atoms with Crippen molar-refractivity contribution in [3.63, 3.8) is 0 Å². The average molecular weight is 460 g/mol. The number of hydrogen-bond acceptors (Lipinski definition) is 6. The lowest BCUT2D eigenvalue weighted by Crippen LogP contribution is -2.28. The highest BCUT2D eigenvalue weighted by molar-refractivity contribution is 8.02. The second-order valence-corrected chi connectivity index (χ2v) is 9.98. The van der Waals surface area contributed by atoms with Gasteiger partial charge in [0.2, 0.25) is 0 Å². The number of pyridine rings is 1. The number of H-pyrrole nitrogens is 1. The van der Waals surface area contributed by atoms with Gasteiger partial charge in [0.1, 0.15) is 11.5 Å². The number of aromatic amines is 1. The first kappa shape index (κ1) is 21.3. The van der Waals surface area contributed by atoms with E-state index in [9.17, 15) is 9.59 Å². The number of nitrogens with two attached hydrogens (primary N) is 1. The molecule has 2 aliphatic rings. The molecule has 0 atom stereocenters. The van der Waals surface area contributed by atoms with Crippen LogP contribution in [-0.2, 0) is 11.2 Å². The van der Waals surface area contributed by atoms with E-state index in [2.05, 4.69) is 29.1 Å². The van der Waals surface area contributed by atoms with Gasteiger partial charge >= 0.3 is 0 Å². The van der Waals surface area contributed by atoms with Crippen molar-refractivity contribution >= 4 is 40.6 Å². The number of ketones is 1. The number of para-hydroxylation sites is 1. The predicted octanol–water partition coefficient (Wildman–Crippen LogP) is 4.81. The Bertz CT molecular complexity index is 1280. The van der Waals surface area contributed by atoms with Crippen LogP contribution in [-0.4, -0.2) is 27.5 Å². The average Bonchev–Trinajstić information content (AvgIpc) is 3.39. The number of carbonyl (C=O) groups is 2. The van der Waals surface area contributed by atoms with E-state index in [4.69, 9.17) is 5.73 Å². The highest BCUT2D eigenvalue weighted by Gasteiger charge is 2.36. The number of carbonyl (C=O) groups excluding carboxylic acids is 2. The molecule has 3 aromatic rings. The zero-order valence-corrected chi connectivity index (χ0v) is 19.3. The minimum Gasteiger partial charge on any atom is -0.364 e. The third kappa shape index (κ3) is 4.02. The molecule has 0 saturated carbocycles. The molecule has 0 fully saturated rings. The molecule has 5 rings (SSSR count). The molecular weight excluding hydrogens is 434 g/mol. The summed E-state index contributed by atoms with van der Waals surface area (Å²) in [6, 6.07) is 13.7. The van der Waals surface area contributed by atoms with Crippen LogP contribution in [0.5, 0.6) is 0 Å². The summed E-state index contributed by atoms with van der Waals surface area (Å²) in [5, 5.41) is 5.23. The molecule has 0 bridgehead atoms. The van der Waals surface area contributed by atoms with Crippen LogP contribution in [0.15, 0.2) is 59.8 Å². The zero-order chi connectivity index (χ0) is 23.2. The van der Waals surface area contributed by atoms with E-state index in [1.54, 1.807) is 16.5 Å². The summed E-state index contributed by atoms with van der Waals surface area (Å²) in [5.41, 5.74) is 10.9. The lowest BCUT2D eigenvalue weighted by molar-refractivity contribution is -0.114. The standard InChI is InChI=1S/C25H25N5O2S/c1-25(2)11-17-21(19(31)12-25)23(28-16-6-4-3-5-7-16)22(29-17)15-8-9-27-20(10-15)30-14-33-13-18(30)24(26)32/h3-10,13,28-29H,11-12,14H2,1-2H3,(H2,26,32). The fraction of sp³-hybridized carbons (Fsp3) is 0.240. The summed E-state index contributed by atoms with van der Waals surface area (Å²) in [6.07, 6.45) is 3.00. The number of benzene rings is 1. The van der Waals surface area contributed by atoms with Crippen molar-refractivity contribution < 1.29 is 9.59 Å². The number of fused-ring (bicyclic) bond motifs is 1. The molecular formula is C25H25N5O2S. The van der Waals surface area contributed by atoms with Crippen LogP contribution in [0.4, 0.5) is 17.2 Å². The topological polar surface area (TPSA) is 104 Å². The fourth-order valence-corrected chi connectivity index (χ4v) is 5.39. The Hall–Kier alpha value is -3.52. The third-order valence-electron chi connectivity index (χ3n) is 5.95. The summed E-state index contributed by atoms with van der Waals surface area (Å²) in [5.74, 6) is 0.846. The Balaban J connectivity index is 1.62. The van der Waals surface area contributed by atoms with Gasteiger partial charge in [-0.2, -0.15) is 0 Å². The smallest absolute Gasteiger partial charge is 0.265 e. The Kier molecular flexibility index (Phi) is 5.25. The van der Waals surface area contributed by atoms with Crippen molar-refractivity contribution in [2.45, 2.75) is 26.7 Å². The molecule has 1 aliphatic heterocycles. The molecule has 0 unspecified atom stereocenters. The third-order valence-corrected chi connectivity index (χ3v) is 6.74. The van der Waals surface area contributed by atoms with Gasteiger partial charge in [0.25, 0.3) is 5.91 Å². The lowest BCUT2D eigenvalue weighted by Gasteiger charge is -2.28. The molecule has 33 heavy (non-hydrogen) atoms. The molecule has 0 saturated heterocycles. The molecule has 7 nitrogen and oxygen atoms in total. The monoisotopic (exact) mass is 459 g/mol. The van der Waals surface area contributed by atoms with E-state index in [-0.39, 0.29) is 11.2 Å². The quantitative estimate of drug-likeness (QED) is 0.506. The molecule has 168 valence electrons. The number of primary amides is 1. The first-order chi connectivity index (χ1) is 15.8. The first-order valence-electron chi connectivity index (χ1n) is 10.8. The molecule has 1 aliphatic carbocycles. The van der Waals surface area contributed by atoms with E-state index >= 15 is 0 Å². The van der Waals surface area contributed by atoms with Crippen LogP contribution >= 0.6 is 11.8 Å². The van der Waals surface area contributed by atoms with Crippen molar-refractivity contribution in [3.8, 4) is 11.3 Å². The Morgan fingerprint density at radius 3 is 2.76 bits per heavy atom. The molecule has 3 heterocycles. The van der Waals surface area contributed by atoms with Gasteiger partial charge in [-0.1, -0.05) is 32.0 Å². The minimum atomic E-state index is -0.484. The number of anilines is 3. The Morgan fingerprint density at radius 1 is 1.21 bits per heavy atom. The van der Waals surface area contributed by atoms with E-state index < -0.39 is 5.91 Å². The van der Waals surface area contributed by atoms with Crippen LogP contribution in [0, 0.1) is 5.41 Å². The normalized spacial score (nSPS) is 17.0. The number of hydrogen-bond donors (Lipinski definition) is 3. The van der Waals surface area contributed by atoms with Gasteiger partial charge in [0.05, 0.1) is 22.8 Å². The van der Waals surface area contributed by atoms with Gasteiger partial charge in [0.15, 0.2) is 5.78 Å². The van der Waals surface area contributed by atoms with Crippen molar-refractivity contribution in [3.05, 3.63) is 71.0 Å². The SMILES string of the molecule is CC1(C)CC(=O)c2c([nH]c(-c3ccnc(N4CSC=C4C(N)=O)c3)c2Nc2ccccc2)C1. The van der Waals surface area contributed by atoms with Crippen LogP contribution in [0.25, 0.3) is 11.3 Å². The van der Waals surface area contributed by atoms with Gasteiger partial charge in [-0.3, -0.25) is 9.59 Å². The lowest BCUT2D eigenvalue weighted by atomic mass is 9.76. The summed E-state index contributed by atoms with van der Waals surface area (Å²) >= 11 is 1.50. The van der Waals surface area contributed by atoms with Crippen molar-refractivity contribution in [1.29, 1.82) is 0 Å². The summed E-state index contributed by atoms with van der Waals surface area (Å²) < 4.78 is 0. The number of thioether (sulfide) groups is 1. The summed E-state index contributed by atoms with van der Waals surface area (Å²) in [4.78, 5) is 34.9. The molecule has 2 aromatic heterocycles. The second kappa shape index (κ2) is 8.12. The maximum atomic E-state index is 13.2. The van der Waals surface area contributed by atoms with Gasteiger partial charge in [-0.05, 0) is 36.1 Å². The van der Waals surface area contributed by atoms with E-state index in [0.29, 0.717) is 23.8 Å². The number of Topliss-reactive ketones (excluding diaryl/α,β-unsaturated/α-hetero) is 1. The minimum absolute atomic E-state index is 0.104. The number of rotatable bonds is 5. The molecule has 1 amide bonds. The fourth-order valence-electron chi connectivity index (χ4n) is 4.49. The highest BCUT2D eigenvalue weighted by atomic mass is 32.2. The number of amides is 1. The Morgan fingerprint density at radius 2 is 2.00 bits per heavy atom. The van der Waals surface area contributed by atoms with Crippen molar-refractivity contribution in [1.82, 2.24) is 9.97 Å². The second-order valence-electron chi connectivity index (χ2n) is 9.15. The van der Waals surface area contributed by atoms with Gasteiger partial charge in [-0.15, -0.1) is 11.8 Å². The van der Waals surface area contributed by atoms with Crippen LogP contribution in [0.1, 0.15) is 36.3 Å². The number of nitrogens with one attached hydrogen (secondary N) is 2. The Labute approximate surface area is 196 Å². The number of nitrogens with zero attached hydrogens (tertiary/aromatic N) is 2. The van der Waals surface area contributed by atoms with E-state index in [1.165, 1.54) is 11.8 Å². The van der Waals surface area contributed by atoms with Crippen LogP contribution in [0.2, 0.25) is 0 Å². The molecule has 0 radical (unpaired) electrons. The van der Waals surface area contributed by atoms with Crippen molar-refractivity contribution in [2.75, 3.05) is 16.1 Å². The largest absolute Gasteiger partial charge is 0.364 e. The predicted molar refractivity (Wildman–Crippen MR) is 132 cm³/mol. The molecule has 1 aromatic carbocycles. The van der Waals surface area contributed by atoms with E-state index in [0.717, 1.165) is 40.3 Å².